The van der Waals surface area contributed by atoms with Gasteiger partial charge in [-0.1, -0.05) is 0 Å². The first kappa shape index (κ1) is 22.8. The van der Waals surface area contributed by atoms with Crippen molar-refractivity contribution in [3.8, 4) is 5.88 Å². The highest BCUT2D eigenvalue weighted by molar-refractivity contribution is 6.06. The summed E-state index contributed by atoms with van der Waals surface area (Å²) in [6, 6.07) is 1.14. The fourth-order valence-corrected chi connectivity index (χ4v) is 4.30. The Bertz CT molecular complexity index is 996. The van der Waals surface area contributed by atoms with Crippen LogP contribution in [0.2, 0.25) is 0 Å². The van der Waals surface area contributed by atoms with Gasteiger partial charge in [0.15, 0.2) is 0 Å². The zero-order valence-electron chi connectivity index (χ0n) is 19.3. The molecular formula is C22H29N5O6. The maximum absolute atomic E-state index is 13.1. The Hall–Kier alpha value is -3.37. The van der Waals surface area contributed by atoms with Gasteiger partial charge in [-0.3, -0.25) is 19.7 Å². The summed E-state index contributed by atoms with van der Waals surface area (Å²) in [6.07, 6.45) is 0.144. The van der Waals surface area contributed by atoms with Crippen molar-refractivity contribution < 1.29 is 28.7 Å². The van der Waals surface area contributed by atoms with Crippen LogP contribution in [0, 0.1) is 0 Å². The summed E-state index contributed by atoms with van der Waals surface area (Å²) in [4.78, 5) is 58.9. The van der Waals surface area contributed by atoms with E-state index in [9.17, 15) is 19.2 Å². The van der Waals surface area contributed by atoms with E-state index in [4.69, 9.17) is 9.47 Å². The van der Waals surface area contributed by atoms with E-state index in [-0.39, 0.29) is 36.8 Å². The Morgan fingerprint density at radius 1 is 1.15 bits per heavy atom. The van der Waals surface area contributed by atoms with E-state index in [0.29, 0.717) is 44.0 Å². The number of carbonyl (C=O) groups is 4. The average molecular weight is 460 g/mol. The van der Waals surface area contributed by atoms with Crippen LogP contribution in [-0.4, -0.2) is 83.5 Å². The molecule has 4 heterocycles. The number of aromatic nitrogens is 1. The molecule has 0 radical (unpaired) electrons. The van der Waals surface area contributed by atoms with Crippen molar-refractivity contribution in [3.05, 3.63) is 17.2 Å². The number of amides is 4. The maximum atomic E-state index is 13.1. The molecule has 11 nitrogen and oxygen atoms in total. The highest BCUT2D eigenvalue weighted by atomic mass is 16.6. The third-order valence-electron chi connectivity index (χ3n) is 5.90. The van der Waals surface area contributed by atoms with E-state index in [0.717, 1.165) is 5.56 Å². The van der Waals surface area contributed by atoms with Crippen LogP contribution in [0.25, 0.3) is 0 Å². The molecule has 4 rings (SSSR count). The minimum Gasteiger partial charge on any atom is -0.480 e. The zero-order valence-corrected chi connectivity index (χ0v) is 19.3. The summed E-state index contributed by atoms with van der Waals surface area (Å²) in [7, 11) is 1.45. The van der Waals surface area contributed by atoms with E-state index < -0.39 is 17.6 Å². The summed E-state index contributed by atoms with van der Waals surface area (Å²) in [5.41, 5.74) is 0.517. The van der Waals surface area contributed by atoms with Crippen LogP contribution in [0.1, 0.15) is 49.5 Å². The second-order valence-corrected chi connectivity index (χ2v) is 9.38. The number of imide groups is 1. The number of nitrogens with zero attached hydrogens (tertiary/aromatic N) is 4. The minimum atomic E-state index is -0.701. The second kappa shape index (κ2) is 8.53. The molecule has 3 aliphatic heterocycles. The zero-order chi connectivity index (χ0) is 23.9. The van der Waals surface area contributed by atoms with Gasteiger partial charge in [0.1, 0.15) is 23.0 Å². The quantitative estimate of drug-likeness (QED) is 0.662. The summed E-state index contributed by atoms with van der Waals surface area (Å²) < 4.78 is 10.9. The van der Waals surface area contributed by atoms with Crippen molar-refractivity contribution in [1.82, 2.24) is 20.1 Å². The molecule has 0 bridgehead atoms. The minimum absolute atomic E-state index is 0.194. The third kappa shape index (κ3) is 4.57. The van der Waals surface area contributed by atoms with E-state index in [1.165, 1.54) is 12.0 Å². The van der Waals surface area contributed by atoms with Gasteiger partial charge in [-0.05, 0) is 38.8 Å². The van der Waals surface area contributed by atoms with Gasteiger partial charge in [0.05, 0.1) is 7.11 Å². The monoisotopic (exact) mass is 459 g/mol. The molecule has 0 aromatic carbocycles. The predicted octanol–water partition coefficient (Wildman–Crippen LogP) is 0.908. The van der Waals surface area contributed by atoms with Gasteiger partial charge in [0.2, 0.25) is 17.7 Å². The smallest absolute Gasteiger partial charge is 0.410 e. The first-order valence-electron chi connectivity index (χ1n) is 11.0. The van der Waals surface area contributed by atoms with Crippen LogP contribution in [0.15, 0.2) is 6.07 Å². The average Bonchev–Trinajstić information content (AvgIpc) is 3.08. The van der Waals surface area contributed by atoms with Crippen LogP contribution >= 0.6 is 0 Å². The van der Waals surface area contributed by atoms with E-state index in [2.05, 4.69) is 10.3 Å². The maximum Gasteiger partial charge on any atom is 0.410 e. The summed E-state index contributed by atoms with van der Waals surface area (Å²) in [5.74, 6) is -0.264. The largest absolute Gasteiger partial charge is 0.480 e. The summed E-state index contributed by atoms with van der Waals surface area (Å²) >= 11 is 0. The molecule has 11 heteroatoms. The molecule has 1 atom stereocenters. The number of hydrogen-bond acceptors (Lipinski definition) is 8. The highest BCUT2D eigenvalue weighted by Crippen LogP contribution is 2.35. The fraction of sp³-hybridized carbons (Fsp3) is 0.591. The lowest BCUT2D eigenvalue weighted by atomic mass is 10.0. The molecule has 2 fully saturated rings. The number of ether oxygens (including phenoxy) is 2. The van der Waals surface area contributed by atoms with E-state index in [1.807, 2.05) is 31.7 Å². The topological polar surface area (TPSA) is 121 Å². The molecule has 3 aliphatic rings. The number of piperazine rings is 1. The standard InChI is InChI=1S/C22H29N5O6/c1-22(2,3)33-21(31)26-9-7-25(8-10-26)15-11-13-12-27(14-5-6-16(28)24-18(14)29)20(30)17(13)19(23-15)32-4/h11,14H,5-10,12H2,1-4H3,(H,24,28,29). The Morgan fingerprint density at radius 3 is 2.45 bits per heavy atom. The van der Waals surface area contributed by atoms with Crippen molar-refractivity contribution in [2.24, 2.45) is 0 Å². The van der Waals surface area contributed by atoms with Gasteiger partial charge < -0.3 is 24.2 Å². The summed E-state index contributed by atoms with van der Waals surface area (Å²) in [6.45, 7) is 7.82. The molecule has 4 amide bonds. The van der Waals surface area contributed by atoms with Crippen molar-refractivity contribution in [1.29, 1.82) is 0 Å². The fourth-order valence-electron chi connectivity index (χ4n) is 4.30. The molecule has 178 valence electrons. The van der Waals surface area contributed by atoms with Gasteiger partial charge in [-0.25, -0.2) is 4.79 Å². The van der Waals surface area contributed by atoms with Crippen LogP contribution in [0.4, 0.5) is 10.6 Å². The number of piperidine rings is 1. The molecule has 2 saturated heterocycles. The first-order valence-corrected chi connectivity index (χ1v) is 11.0. The van der Waals surface area contributed by atoms with Crippen LogP contribution in [0.5, 0.6) is 5.88 Å². The molecular weight excluding hydrogens is 430 g/mol. The Balaban J connectivity index is 1.49. The van der Waals surface area contributed by atoms with Gasteiger partial charge >= 0.3 is 6.09 Å². The predicted molar refractivity (Wildman–Crippen MR) is 117 cm³/mol. The lowest BCUT2D eigenvalue weighted by Crippen LogP contribution is -2.52. The molecule has 1 aromatic rings. The number of carbonyl (C=O) groups excluding carboxylic acids is 4. The van der Waals surface area contributed by atoms with Crippen LogP contribution in [-0.2, 0) is 20.9 Å². The van der Waals surface area contributed by atoms with Crippen molar-refractivity contribution in [2.75, 3.05) is 38.2 Å². The normalized spacial score (nSPS) is 21.2. The number of anilines is 1. The lowest BCUT2D eigenvalue weighted by molar-refractivity contribution is -0.136. The molecule has 0 saturated carbocycles. The number of hydrogen-bond donors (Lipinski definition) is 1. The van der Waals surface area contributed by atoms with Crippen molar-refractivity contribution in [3.63, 3.8) is 0 Å². The van der Waals surface area contributed by atoms with Crippen molar-refractivity contribution in [2.45, 2.75) is 51.8 Å². The number of nitrogens with one attached hydrogen (secondary N) is 1. The Morgan fingerprint density at radius 2 is 1.85 bits per heavy atom. The molecule has 0 spiro atoms. The van der Waals surface area contributed by atoms with E-state index in [1.54, 1.807) is 4.90 Å². The van der Waals surface area contributed by atoms with Gasteiger partial charge in [0.25, 0.3) is 5.91 Å². The molecule has 33 heavy (non-hydrogen) atoms. The first-order chi connectivity index (χ1) is 15.6. The van der Waals surface area contributed by atoms with Gasteiger partial charge in [-0.2, -0.15) is 4.98 Å². The highest BCUT2D eigenvalue weighted by Gasteiger charge is 2.41. The molecule has 0 aliphatic carbocycles. The number of rotatable bonds is 3. The molecule has 1 aromatic heterocycles. The van der Waals surface area contributed by atoms with E-state index >= 15 is 0 Å². The number of fused-ring (bicyclic) bond motifs is 1. The van der Waals surface area contributed by atoms with Crippen LogP contribution in [0.3, 0.4) is 0 Å². The SMILES string of the molecule is COc1nc(N2CCN(C(=O)OC(C)(C)C)CC2)cc2c1C(=O)N(C1CCC(=O)NC1=O)C2. The second-order valence-electron chi connectivity index (χ2n) is 9.38. The van der Waals surface area contributed by atoms with Crippen molar-refractivity contribution >= 4 is 29.6 Å². The number of methoxy groups -OCH3 is 1. The number of pyridine rings is 1. The Kier molecular flexibility index (Phi) is 5.89. The van der Waals surface area contributed by atoms with Gasteiger partial charge in [0, 0.05) is 39.1 Å². The molecule has 1 unspecified atom stereocenters. The lowest BCUT2D eigenvalue weighted by Gasteiger charge is -2.36. The van der Waals surface area contributed by atoms with Gasteiger partial charge in [-0.15, -0.1) is 0 Å². The van der Waals surface area contributed by atoms with Crippen LogP contribution < -0.4 is 15.0 Å². The third-order valence-corrected chi connectivity index (χ3v) is 5.90. The molecule has 1 N–H and O–H groups in total. The Labute approximate surface area is 192 Å². The summed E-state index contributed by atoms with van der Waals surface area (Å²) in [5, 5.41) is 2.30.